The predicted octanol–water partition coefficient (Wildman–Crippen LogP) is 3.28. The molecular formula is C14H16ClN3. The lowest BCUT2D eigenvalue weighted by molar-refractivity contribution is 1.01. The molecule has 0 aliphatic heterocycles. The minimum Gasteiger partial charge on any atom is -0.397 e. The molecule has 0 spiro atoms. The van der Waals surface area contributed by atoms with Gasteiger partial charge in [0.05, 0.1) is 11.4 Å². The number of nitrogens with zero attached hydrogens (tertiary/aromatic N) is 1. The quantitative estimate of drug-likeness (QED) is 0.831. The van der Waals surface area contributed by atoms with Gasteiger partial charge in [0.15, 0.2) is 0 Å². The van der Waals surface area contributed by atoms with Gasteiger partial charge in [-0.25, -0.2) is 0 Å². The maximum Gasteiger partial charge on any atom is 0.0577 e. The maximum absolute atomic E-state index is 6.00. The van der Waals surface area contributed by atoms with E-state index in [4.69, 9.17) is 17.3 Å². The van der Waals surface area contributed by atoms with E-state index in [-0.39, 0.29) is 0 Å². The van der Waals surface area contributed by atoms with E-state index in [9.17, 15) is 0 Å². The highest BCUT2D eigenvalue weighted by Crippen LogP contribution is 2.26. The molecule has 0 radical (unpaired) electrons. The monoisotopic (exact) mass is 261 g/mol. The Bertz CT molecular complexity index is 526. The lowest BCUT2D eigenvalue weighted by Gasteiger charge is -2.11. The first kappa shape index (κ1) is 12.7. The molecule has 2 rings (SSSR count). The van der Waals surface area contributed by atoms with E-state index in [0.717, 1.165) is 24.2 Å². The van der Waals surface area contributed by atoms with E-state index >= 15 is 0 Å². The van der Waals surface area contributed by atoms with Crippen molar-refractivity contribution >= 4 is 23.0 Å². The number of anilines is 2. The fourth-order valence-electron chi connectivity index (χ4n) is 1.74. The summed E-state index contributed by atoms with van der Waals surface area (Å²) in [6, 6.07) is 7.76. The average molecular weight is 262 g/mol. The Balaban J connectivity index is 1.97. The van der Waals surface area contributed by atoms with Crippen LogP contribution in [0.15, 0.2) is 36.7 Å². The summed E-state index contributed by atoms with van der Waals surface area (Å²) in [7, 11) is 0. The molecule has 0 saturated heterocycles. The summed E-state index contributed by atoms with van der Waals surface area (Å²) < 4.78 is 0. The third-order valence-electron chi connectivity index (χ3n) is 2.78. The second-order valence-electron chi connectivity index (χ2n) is 4.23. The number of aryl methyl sites for hydroxylation is 1. The van der Waals surface area contributed by atoms with E-state index < -0.39 is 0 Å². The normalized spacial score (nSPS) is 10.3. The van der Waals surface area contributed by atoms with Gasteiger partial charge in [0, 0.05) is 24.0 Å². The number of pyridine rings is 1. The molecule has 94 valence electrons. The highest BCUT2D eigenvalue weighted by molar-refractivity contribution is 6.31. The molecule has 0 aliphatic carbocycles. The van der Waals surface area contributed by atoms with Gasteiger partial charge in [-0.15, -0.1) is 0 Å². The second-order valence-corrected chi connectivity index (χ2v) is 4.63. The fraction of sp³-hybridized carbons (Fsp3) is 0.214. The van der Waals surface area contributed by atoms with Gasteiger partial charge in [0.2, 0.25) is 0 Å². The van der Waals surface area contributed by atoms with Crippen molar-refractivity contribution in [2.45, 2.75) is 13.3 Å². The van der Waals surface area contributed by atoms with Crippen molar-refractivity contribution in [2.75, 3.05) is 17.6 Å². The smallest absolute Gasteiger partial charge is 0.0577 e. The Kier molecular flexibility index (Phi) is 4.05. The minimum atomic E-state index is 0.678. The van der Waals surface area contributed by atoms with Crippen molar-refractivity contribution < 1.29 is 0 Å². The Morgan fingerprint density at radius 1 is 1.39 bits per heavy atom. The Hall–Kier alpha value is -1.74. The summed E-state index contributed by atoms with van der Waals surface area (Å²) in [4.78, 5) is 4.08. The van der Waals surface area contributed by atoms with Gasteiger partial charge in [-0.3, -0.25) is 4.98 Å². The first-order valence-corrected chi connectivity index (χ1v) is 6.23. The van der Waals surface area contributed by atoms with E-state index in [1.165, 1.54) is 5.56 Å². The molecule has 2 aromatic rings. The standard InChI is InChI=1S/C14H16ClN3/c1-10-7-14(13(16)8-12(10)15)18-6-4-11-3-2-5-17-9-11/h2-3,5,7-9,18H,4,6,16H2,1H3. The van der Waals surface area contributed by atoms with Crippen molar-refractivity contribution in [3.8, 4) is 0 Å². The zero-order chi connectivity index (χ0) is 13.0. The molecule has 0 atom stereocenters. The second kappa shape index (κ2) is 5.74. The number of hydrogen-bond donors (Lipinski definition) is 2. The third-order valence-corrected chi connectivity index (χ3v) is 3.19. The molecule has 3 N–H and O–H groups in total. The van der Waals surface area contributed by atoms with Crippen LogP contribution in [0.4, 0.5) is 11.4 Å². The third kappa shape index (κ3) is 3.14. The number of nitrogen functional groups attached to an aromatic ring is 1. The number of nitrogens with one attached hydrogen (secondary N) is 1. The van der Waals surface area contributed by atoms with Gasteiger partial charge in [0.25, 0.3) is 0 Å². The zero-order valence-corrected chi connectivity index (χ0v) is 11.0. The lowest BCUT2D eigenvalue weighted by Crippen LogP contribution is -2.07. The van der Waals surface area contributed by atoms with Crippen LogP contribution in [0.25, 0.3) is 0 Å². The molecule has 1 heterocycles. The van der Waals surface area contributed by atoms with Gasteiger partial charge >= 0.3 is 0 Å². The zero-order valence-electron chi connectivity index (χ0n) is 10.3. The molecule has 1 aromatic heterocycles. The van der Waals surface area contributed by atoms with Crippen LogP contribution < -0.4 is 11.1 Å². The number of hydrogen-bond acceptors (Lipinski definition) is 3. The van der Waals surface area contributed by atoms with Crippen LogP contribution >= 0.6 is 11.6 Å². The first-order valence-electron chi connectivity index (χ1n) is 5.85. The number of halogens is 1. The minimum absolute atomic E-state index is 0.678. The summed E-state index contributed by atoms with van der Waals surface area (Å²) in [5.74, 6) is 0. The SMILES string of the molecule is Cc1cc(NCCc2cccnc2)c(N)cc1Cl. The van der Waals surface area contributed by atoms with Crippen LogP contribution in [0.3, 0.4) is 0 Å². The van der Waals surface area contributed by atoms with Crippen molar-refractivity contribution in [3.63, 3.8) is 0 Å². The first-order chi connectivity index (χ1) is 8.66. The molecule has 0 unspecified atom stereocenters. The summed E-state index contributed by atoms with van der Waals surface area (Å²) in [5.41, 5.74) is 9.75. The number of benzene rings is 1. The summed E-state index contributed by atoms with van der Waals surface area (Å²) in [6.07, 6.45) is 4.56. The molecule has 18 heavy (non-hydrogen) atoms. The van der Waals surface area contributed by atoms with Gasteiger partial charge in [-0.05, 0) is 42.7 Å². The molecular weight excluding hydrogens is 246 g/mol. The van der Waals surface area contributed by atoms with Crippen LogP contribution in [-0.4, -0.2) is 11.5 Å². The number of nitrogens with two attached hydrogens (primary N) is 1. The topological polar surface area (TPSA) is 50.9 Å². The van der Waals surface area contributed by atoms with Crippen LogP contribution in [-0.2, 0) is 6.42 Å². The van der Waals surface area contributed by atoms with Crippen molar-refractivity contribution in [3.05, 3.63) is 52.8 Å². The predicted molar refractivity (Wildman–Crippen MR) is 77.0 cm³/mol. The van der Waals surface area contributed by atoms with Gasteiger partial charge in [-0.2, -0.15) is 0 Å². The van der Waals surface area contributed by atoms with Crippen LogP contribution in [0.2, 0.25) is 5.02 Å². The average Bonchev–Trinajstić information content (AvgIpc) is 2.37. The van der Waals surface area contributed by atoms with E-state index in [2.05, 4.69) is 16.4 Å². The van der Waals surface area contributed by atoms with Crippen LogP contribution in [0.1, 0.15) is 11.1 Å². The molecule has 3 nitrogen and oxygen atoms in total. The van der Waals surface area contributed by atoms with Gasteiger partial charge in [0.1, 0.15) is 0 Å². The van der Waals surface area contributed by atoms with Crippen molar-refractivity contribution in [2.24, 2.45) is 0 Å². The molecule has 0 aliphatic rings. The molecule has 0 saturated carbocycles. The summed E-state index contributed by atoms with van der Waals surface area (Å²) >= 11 is 6.00. The fourth-order valence-corrected chi connectivity index (χ4v) is 1.91. The molecule has 0 fully saturated rings. The Morgan fingerprint density at radius 2 is 2.22 bits per heavy atom. The molecule has 0 amide bonds. The highest BCUT2D eigenvalue weighted by atomic mass is 35.5. The molecule has 1 aromatic carbocycles. The summed E-state index contributed by atoms with van der Waals surface area (Å²) in [5, 5.41) is 4.02. The molecule has 4 heteroatoms. The van der Waals surface area contributed by atoms with Crippen LogP contribution in [0.5, 0.6) is 0 Å². The van der Waals surface area contributed by atoms with Crippen molar-refractivity contribution in [1.29, 1.82) is 0 Å². The van der Waals surface area contributed by atoms with E-state index in [0.29, 0.717) is 10.7 Å². The number of rotatable bonds is 4. The van der Waals surface area contributed by atoms with Gasteiger partial charge in [-0.1, -0.05) is 17.7 Å². The lowest BCUT2D eigenvalue weighted by atomic mass is 10.1. The Labute approximate surface area is 112 Å². The maximum atomic E-state index is 6.00. The summed E-state index contributed by atoms with van der Waals surface area (Å²) in [6.45, 7) is 2.78. The van der Waals surface area contributed by atoms with E-state index in [1.54, 1.807) is 12.3 Å². The number of aromatic nitrogens is 1. The largest absolute Gasteiger partial charge is 0.397 e. The Morgan fingerprint density at radius 3 is 2.94 bits per heavy atom. The highest BCUT2D eigenvalue weighted by Gasteiger charge is 2.03. The van der Waals surface area contributed by atoms with E-state index in [1.807, 2.05) is 25.3 Å². The van der Waals surface area contributed by atoms with Gasteiger partial charge < -0.3 is 11.1 Å². The molecule has 0 bridgehead atoms. The van der Waals surface area contributed by atoms with Crippen molar-refractivity contribution in [1.82, 2.24) is 4.98 Å². The van der Waals surface area contributed by atoms with Crippen LogP contribution in [0, 0.1) is 6.92 Å².